The van der Waals surface area contributed by atoms with Crippen molar-refractivity contribution in [2.75, 3.05) is 0 Å². The molecule has 0 unspecified atom stereocenters. The molecule has 2 aromatic carbocycles. The molecule has 0 atom stereocenters. The lowest BCUT2D eigenvalue weighted by Crippen LogP contribution is -2.22. The van der Waals surface area contributed by atoms with E-state index in [9.17, 15) is 4.79 Å². The van der Waals surface area contributed by atoms with E-state index in [0.717, 1.165) is 5.56 Å². The Morgan fingerprint density at radius 1 is 1.12 bits per heavy atom. The first-order valence-corrected chi connectivity index (χ1v) is 8.89. The maximum absolute atomic E-state index is 10.7. The van der Waals surface area contributed by atoms with Gasteiger partial charge in [0.25, 0.3) is 0 Å². The second-order valence-corrected chi connectivity index (χ2v) is 6.53. The largest absolute Gasteiger partial charge is 0.487 e. The Hall–Kier alpha value is -2.04. The fraction of sp³-hybridized carbons (Fsp3) is 0.350. The summed E-state index contributed by atoms with van der Waals surface area (Å²) in [4.78, 5) is 10.7. The second kappa shape index (κ2) is 10.1. The zero-order valence-corrected chi connectivity index (χ0v) is 14.9. The molecule has 0 saturated heterocycles. The van der Waals surface area contributed by atoms with Crippen LogP contribution in [0.4, 0.5) is 0 Å². The van der Waals surface area contributed by atoms with E-state index in [4.69, 9.17) is 27.2 Å². The average Bonchev–Trinajstić information content (AvgIpc) is 2.62. The predicted molar refractivity (Wildman–Crippen MR) is 100 cm³/mol. The van der Waals surface area contributed by atoms with Gasteiger partial charge in [-0.3, -0.25) is 0 Å². The molecule has 1 aliphatic rings. The smallest absolute Gasteiger partial charge is 0.335 e. The van der Waals surface area contributed by atoms with Gasteiger partial charge in [0.05, 0.1) is 10.6 Å². The van der Waals surface area contributed by atoms with Gasteiger partial charge < -0.3 is 15.6 Å². The Balaban J connectivity index is 0.000000269. The Bertz CT molecular complexity index is 670. The van der Waals surface area contributed by atoms with E-state index < -0.39 is 5.97 Å². The lowest BCUT2D eigenvalue weighted by Gasteiger charge is -2.15. The summed E-state index contributed by atoms with van der Waals surface area (Å²) in [5, 5.41) is 9.11. The van der Waals surface area contributed by atoms with Crippen LogP contribution in [0.5, 0.6) is 5.75 Å². The third-order valence-corrected chi connectivity index (χ3v) is 4.36. The first-order chi connectivity index (χ1) is 12.1. The first-order valence-electron chi connectivity index (χ1n) is 8.51. The number of hydrogen-bond acceptors (Lipinski definition) is 3. The van der Waals surface area contributed by atoms with Crippen molar-refractivity contribution < 1.29 is 14.6 Å². The summed E-state index contributed by atoms with van der Waals surface area (Å²) in [7, 11) is 0. The van der Waals surface area contributed by atoms with E-state index in [1.54, 1.807) is 6.07 Å². The fourth-order valence-corrected chi connectivity index (χ4v) is 2.86. The van der Waals surface area contributed by atoms with Crippen LogP contribution in [0.3, 0.4) is 0 Å². The van der Waals surface area contributed by atoms with Crippen LogP contribution < -0.4 is 10.5 Å². The number of halogens is 1. The van der Waals surface area contributed by atoms with Gasteiger partial charge in [-0.1, -0.05) is 61.2 Å². The molecule has 4 nitrogen and oxygen atoms in total. The molecule has 0 bridgehead atoms. The molecule has 1 saturated carbocycles. The summed E-state index contributed by atoms with van der Waals surface area (Å²) >= 11 is 5.95. The minimum absolute atomic E-state index is 0.145. The highest BCUT2D eigenvalue weighted by atomic mass is 35.5. The van der Waals surface area contributed by atoms with Crippen molar-refractivity contribution in [3.05, 3.63) is 64.7 Å². The molecule has 0 heterocycles. The SMILES string of the molecule is NC1CCCCC1.O=C(O)c1ccc(OCc2ccccc2)c(Cl)c1. The molecular weight excluding hydrogens is 338 g/mol. The molecule has 25 heavy (non-hydrogen) atoms. The molecule has 3 N–H and O–H groups in total. The molecule has 2 aromatic rings. The number of rotatable bonds is 4. The van der Waals surface area contributed by atoms with Gasteiger partial charge in [0.1, 0.15) is 12.4 Å². The Labute approximate surface area is 153 Å². The van der Waals surface area contributed by atoms with E-state index in [2.05, 4.69) is 0 Å². The minimum Gasteiger partial charge on any atom is -0.487 e. The van der Waals surface area contributed by atoms with E-state index in [1.165, 1.54) is 44.2 Å². The molecule has 134 valence electrons. The van der Waals surface area contributed by atoms with Gasteiger partial charge in [0.2, 0.25) is 0 Å². The van der Waals surface area contributed by atoms with Gasteiger partial charge >= 0.3 is 5.97 Å². The summed E-state index contributed by atoms with van der Waals surface area (Å²) in [6.45, 7) is 0.396. The molecular formula is C20H24ClNO3. The van der Waals surface area contributed by atoms with Gasteiger partial charge in [-0.05, 0) is 36.6 Å². The zero-order chi connectivity index (χ0) is 18.1. The number of carboxylic acid groups (broad SMARTS) is 1. The normalized spacial score (nSPS) is 14.3. The van der Waals surface area contributed by atoms with Crippen LogP contribution in [0.25, 0.3) is 0 Å². The van der Waals surface area contributed by atoms with Gasteiger partial charge in [-0.2, -0.15) is 0 Å². The van der Waals surface area contributed by atoms with E-state index >= 15 is 0 Å². The molecule has 3 rings (SSSR count). The van der Waals surface area contributed by atoms with Crippen LogP contribution in [0.1, 0.15) is 48.0 Å². The van der Waals surface area contributed by atoms with E-state index in [0.29, 0.717) is 23.4 Å². The van der Waals surface area contributed by atoms with Crippen molar-refractivity contribution in [2.45, 2.75) is 44.8 Å². The topological polar surface area (TPSA) is 72.6 Å². The maximum atomic E-state index is 10.7. The van der Waals surface area contributed by atoms with E-state index in [1.807, 2.05) is 30.3 Å². The molecule has 0 spiro atoms. The summed E-state index contributed by atoms with van der Waals surface area (Å²) in [6, 6.07) is 14.6. The summed E-state index contributed by atoms with van der Waals surface area (Å²) in [5.41, 5.74) is 6.80. The van der Waals surface area contributed by atoms with Crippen LogP contribution >= 0.6 is 11.6 Å². The monoisotopic (exact) mass is 361 g/mol. The lowest BCUT2D eigenvalue weighted by molar-refractivity contribution is 0.0697. The number of ether oxygens (including phenoxy) is 1. The summed E-state index contributed by atoms with van der Waals surface area (Å²) < 4.78 is 5.53. The van der Waals surface area contributed by atoms with Crippen LogP contribution in [0.2, 0.25) is 5.02 Å². The number of nitrogens with two attached hydrogens (primary N) is 1. The van der Waals surface area contributed by atoms with Gasteiger partial charge in [-0.15, -0.1) is 0 Å². The third kappa shape index (κ3) is 6.77. The highest BCUT2D eigenvalue weighted by molar-refractivity contribution is 6.32. The first kappa shape index (κ1) is 19.3. The van der Waals surface area contributed by atoms with Gasteiger partial charge in [0.15, 0.2) is 0 Å². The lowest BCUT2D eigenvalue weighted by atomic mass is 9.97. The van der Waals surface area contributed by atoms with E-state index in [-0.39, 0.29) is 5.56 Å². The second-order valence-electron chi connectivity index (χ2n) is 6.12. The summed E-state index contributed by atoms with van der Waals surface area (Å²) in [5.74, 6) is -0.531. The van der Waals surface area contributed by atoms with Crippen LogP contribution in [-0.2, 0) is 6.61 Å². The van der Waals surface area contributed by atoms with Gasteiger partial charge in [-0.25, -0.2) is 4.79 Å². The van der Waals surface area contributed by atoms with Crippen molar-refractivity contribution in [1.29, 1.82) is 0 Å². The molecule has 1 fully saturated rings. The number of aromatic carboxylic acids is 1. The fourth-order valence-electron chi connectivity index (χ4n) is 2.62. The summed E-state index contributed by atoms with van der Waals surface area (Å²) in [6.07, 6.45) is 6.66. The molecule has 0 aliphatic heterocycles. The number of benzene rings is 2. The third-order valence-electron chi connectivity index (χ3n) is 4.07. The van der Waals surface area contributed by atoms with Crippen molar-refractivity contribution in [2.24, 2.45) is 5.73 Å². The molecule has 0 aromatic heterocycles. The zero-order valence-electron chi connectivity index (χ0n) is 14.2. The van der Waals surface area contributed by atoms with Crippen LogP contribution in [-0.4, -0.2) is 17.1 Å². The highest BCUT2D eigenvalue weighted by Gasteiger charge is 2.08. The average molecular weight is 362 g/mol. The molecule has 0 radical (unpaired) electrons. The Morgan fingerprint density at radius 3 is 2.32 bits per heavy atom. The number of carboxylic acids is 1. The molecule has 5 heteroatoms. The molecule has 1 aliphatic carbocycles. The molecule has 0 amide bonds. The highest BCUT2D eigenvalue weighted by Crippen LogP contribution is 2.26. The van der Waals surface area contributed by atoms with Crippen molar-refractivity contribution in [3.8, 4) is 5.75 Å². The van der Waals surface area contributed by atoms with Crippen LogP contribution in [0, 0.1) is 0 Å². The quantitative estimate of drug-likeness (QED) is 0.812. The standard InChI is InChI=1S/C14H11ClO3.C6H13N/c15-12-8-11(14(16)17)6-7-13(12)18-9-10-4-2-1-3-5-10;7-6-4-2-1-3-5-6/h1-8H,9H2,(H,16,17);6H,1-5,7H2. The Kier molecular flexibility index (Phi) is 7.76. The predicted octanol–water partition coefficient (Wildman–Crippen LogP) is 4.90. The minimum atomic E-state index is -1.01. The van der Waals surface area contributed by atoms with Crippen molar-refractivity contribution in [1.82, 2.24) is 0 Å². The maximum Gasteiger partial charge on any atom is 0.335 e. The number of hydrogen-bond donors (Lipinski definition) is 2. The van der Waals surface area contributed by atoms with Crippen molar-refractivity contribution >= 4 is 17.6 Å². The number of carbonyl (C=O) groups is 1. The Morgan fingerprint density at radius 2 is 1.80 bits per heavy atom. The van der Waals surface area contributed by atoms with Crippen molar-refractivity contribution in [3.63, 3.8) is 0 Å². The van der Waals surface area contributed by atoms with Gasteiger partial charge in [0, 0.05) is 6.04 Å². The van der Waals surface area contributed by atoms with Crippen LogP contribution in [0.15, 0.2) is 48.5 Å².